The van der Waals surface area contributed by atoms with E-state index in [1.54, 1.807) is 6.92 Å². The number of rotatable bonds is 4. The number of nitrogens with zero attached hydrogens (tertiary/aromatic N) is 2. The predicted molar refractivity (Wildman–Crippen MR) is 68.5 cm³/mol. The van der Waals surface area contributed by atoms with E-state index in [1.807, 2.05) is 27.7 Å². The maximum atomic E-state index is 10.8. The molecule has 2 unspecified atom stereocenters. The van der Waals surface area contributed by atoms with Crippen molar-refractivity contribution < 1.29 is 9.90 Å². The number of aromatic nitrogens is 2. The molecule has 2 atom stereocenters. The second kappa shape index (κ2) is 5.00. The Morgan fingerprint density at radius 3 is 2.41 bits per heavy atom. The van der Waals surface area contributed by atoms with E-state index in [0.717, 1.165) is 5.82 Å². The molecule has 1 heterocycles. The zero-order valence-electron chi connectivity index (χ0n) is 10.8. The quantitative estimate of drug-likeness (QED) is 0.866. The van der Waals surface area contributed by atoms with Crippen LogP contribution in [0.5, 0.6) is 0 Å². The Labute approximate surface area is 105 Å². The highest BCUT2D eigenvalue weighted by Gasteiger charge is 2.23. The van der Waals surface area contributed by atoms with Gasteiger partial charge in [0.1, 0.15) is 5.82 Å². The second-order valence-electron chi connectivity index (χ2n) is 5.23. The number of nitrogens with one attached hydrogen (secondary N) is 1. The highest BCUT2D eigenvalue weighted by Crippen LogP contribution is 2.23. The predicted octanol–water partition coefficient (Wildman–Crippen LogP) is 2.36. The van der Waals surface area contributed by atoms with Crippen molar-refractivity contribution in [3.63, 3.8) is 0 Å². The van der Waals surface area contributed by atoms with Crippen LogP contribution in [0, 0.1) is 5.92 Å². The molecule has 0 amide bonds. The summed E-state index contributed by atoms with van der Waals surface area (Å²) in [4.78, 5) is 15.2. The molecule has 17 heavy (non-hydrogen) atoms. The first-order valence-corrected chi connectivity index (χ1v) is 6.32. The van der Waals surface area contributed by atoms with Crippen molar-refractivity contribution in [2.24, 2.45) is 5.92 Å². The first-order chi connectivity index (χ1) is 7.71. The Hall–Kier alpha value is -1.17. The fourth-order valence-corrected chi connectivity index (χ4v) is 1.97. The average molecular weight is 257 g/mol. The summed E-state index contributed by atoms with van der Waals surface area (Å²) in [6.07, 6.45) is 0. The van der Waals surface area contributed by atoms with E-state index in [9.17, 15) is 4.79 Å². The van der Waals surface area contributed by atoms with Crippen molar-refractivity contribution in [2.75, 3.05) is 5.32 Å². The van der Waals surface area contributed by atoms with Crippen LogP contribution in [0.25, 0.3) is 0 Å². The fourth-order valence-electron chi connectivity index (χ4n) is 1.12. The van der Waals surface area contributed by atoms with Gasteiger partial charge in [0.25, 0.3) is 0 Å². The number of carboxylic acids is 1. The lowest BCUT2D eigenvalue weighted by atomic mass is 9.96. The Morgan fingerprint density at radius 2 is 2.00 bits per heavy atom. The van der Waals surface area contributed by atoms with Crippen LogP contribution >= 0.6 is 11.5 Å². The third kappa shape index (κ3) is 3.66. The minimum atomic E-state index is -0.814. The normalized spacial score (nSPS) is 15.4. The summed E-state index contributed by atoms with van der Waals surface area (Å²) in [5, 5.41) is 12.6. The number of aliphatic carboxylic acids is 1. The van der Waals surface area contributed by atoms with E-state index in [0.29, 0.717) is 5.13 Å². The number of hydrogen-bond donors (Lipinski definition) is 2. The standard InChI is InChI=1S/C11H19N3O2S/c1-6(8(15)16)7(2)12-10-13-9(14-17-10)11(3,4)5/h6-7H,1-5H3,(H,15,16)(H,12,13,14). The molecule has 0 spiro atoms. The van der Waals surface area contributed by atoms with Gasteiger partial charge in [-0.05, 0) is 13.8 Å². The van der Waals surface area contributed by atoms with Crippen LogP contribution in [0.3, 0.4) is 0 Å². The zero-order chi connectivity index (χ0) is 13.2. The Morgan fingerprint density at radius 1 is 1.41 bits per heavy atom. The van der Waals surface area contributed by atoms with Crippen molar-refractivity contribution in [3.8, 4) is 0 Å². The van der Waals surface area contributed by atoms with Gasteiger partial charge in [0, 0.05) is 23.0 Å². The first kappa shape index (κ1) is 13.9. The molecule has 6 heteroatoms. The number of carboxylic acid groups (broad SMARTS) is 1. The van der Waals surface area contributed by atoms with E-state index in [2.05, 4.69) is 14.7 Å². The Balaban J connectivity index is 2.70. The van der Waals surface area contributed by atoms with E-state index in [-0.39, 0.29) is 11.5 Å². The summed E-state index contributed by atoms with van der Waals surface area (Å²) >= 11 is 1.27. The van der Waals surface area contributed by atoms with Gasteiger partial charge >= 0.3 is 5.97 Å². The summed E-state index contributed by atoms with van der Waals surface area (Å²) in [5.41, 5.74) is -0.0852. The van der Waals surface area contributed by atoms with Gasteiger partial charge in [0.2, 0.25) is 5.13 Å². The maximum Gasteiger partial charge on any atom is 0.308 e. The minimum absolute atomic E-state index is 0.0852. The van der Waals surface area contributed by atoms with Crippen LogP contribution in [-0.2, 0) is 10.2 Å². The van der Waals surface area contributed by atoms with E-state index in [1.165, 1.54) is 11.5 Å². The van der Waals surface area contributed by atoms with Gasteiger partial charge in [-0.1, -0.05) is 20.8 Å². The molecular formula is C11H19N3O2S. The average Bonchev–Trinajstić information content (AvgIpc) is 2.64. The minimum Gasteiger partial charge on any atom is -0.481 e. The van der Waals surface area contributed by atoms with Crippen LogP contribution < -0.4 is 5.32 Å². The lowest BCUT2D eigenvalue weighted by molar-refractivity contribution is -0.141. The third-order valence-corrected chi connectivity index (χ3v) is 3.23. The van der Waals surface area contributed by atoms with Crippen LogP contribution in [0.2, 0.25) is 0 Å². The van der Waals surface area contributed by atoms with E-state index in [4.69, 9.17) is 5.11 Å². The Bertz CT molecular complexity index is 398. The molecule has 1 rings (SSSR count). The van der Waals surface area contributed by atoms with E-state index < -0.39 is 11.9 Å². The van der Waals surface area contributed by atoms with Crippen LogP contribution in [0.1, 0.15) is 40.4 Å². The Kier molecular flexibility index (Phi) is 4.08. The van der Waals surface area contributed by atoms with Gasteiger partial charge in [-0.25, -0.2) is 4.98 Å². The van der Waals surface area contributed by atoms with Gasteiger partial charge in [0.15, 0.2) is 0 Å². The smallest absolute Gasteiger partial charge is 0.308 e. The highest BCUT2D eigenvalue weighted by atomic mass is 32.1. The number of anilines is 1. The topological polar surface area (TPSA) is 75.1 Å². The van der Waals surface area contributed by atoms with Crippen LogP contribution in [-0.4, -0.2) is 26.5 Å². The molecule has 0 radical (unpaired) electrons. The molecule has 0 fully saturated rings. The highest BCUT2D eigenvalue weighted by molar-refractivity contribution is 7.09. The van der Waals surface area contributed by atoms with Crippen molar-refractivity contribution in [2.45, 2.75) is 46.1 Å². The molecule has 0 saturated heterocycles. The molecule has 0 aliphatic rings. The molecule has 0 aliphatic carbocycles. The molecule has 0 bridgehead atoms. The molecule has 1 aromatic rings. The first-order valence-electron chi connectivity index (χ1n) is 5.55. The molecular weight excluding hydrogens is 238 g/mol. The summed E-state index contributed by atoms with van der Waals surface area (Å²) < 4.78 is 4.27. The SMILES string of the molecule is CC(Nc1nc(C(C)(C)C)ns1)C(C)C(=O)O. The van der Waals surface area contributed by atoms with Crippen molar-refractivity contribution in [3.05, 3.63) is 5.82 Å². The monoisotopic (exact) mass is 257 g/mol. The van der Waals surface area contributed by atoms with Gasteiger partial charge in [-0.15, -0.1) is 0 Å². The van der Waals surface area contributed by atoms with E-state index >= 15 is 0 Å². The lowest BCUT2D eigenvalue weighted by Crippen LogP contribution is -2.29. The summed E-state index contributed by atoms with van der Waals surface area (Å²) in [6, 6.07) is -0.173. The molecule has 1 aromatic heterocycles. The summed E-state index contributed by atoms with van der Waals surface area (Å²) in [7, 11) is 0. The van der Waals surface area contributed by atoms with Gasteiger partial charge < -0.3 is 10.4 Å². The third-order valence-electron chi connectivity index (χ3n) is 2.59. The molecule has 0 aromatic carbocycles. The van der Waals surface area contributed by atoms with Gasteiger partial charge in [0.05, 0.1) is 5.92 Å². The number of hydrogen-bond acceptors (Lipinski definition) is 5. The molecule has 0 saturated carbocycles. The maximum absolute atomic E-state index is 10.8. The van der Waals surface area contributed by atoms with Gasteiger partial charge in [-0.2, -0.15) is 4.37 Å². The van der Waals surface area contributed by atoms with Crippen molar-refractivity contribution in [1.82, 2.24) is 9.36 Å². The zero-order valence-corrected chi connectivity index (χ0v) is 11.6. The largest absolute Gasteiger partial charge is 0.481 e. The molecule has 2 N–H and O–H groups in total. The van der Waals surface area contributed by atoms with Crippen LogP contribution in [0.15, 0.2) is 0 Å². The molecule has 0 aliphatic heterocycles. The fraction of sp³-hybridized carbons (Fsp3) is 0.727. The second-order valence-corrected chi connectivity index (χ2v) is 5.98. The molecule has 5 nitrogen and oxygen atoms in total. The number of carbonyl (C=O) groups is 1. The lowest BCUT2D eigenvalue weighted by Gasteiger charge is -2.16. The van der Waals surface area contributed by atoms with Crippen molar-refractivity contribution in [1.29, 1.82) is 0 Å². The van der Waals surface area contributed by atoms with Gasteiger partial charge in [-0.3, -0.25) is 4.79 Å². The summed E-state index contributed by atoms with van der Waals surface area (Å²) in [6.45, 7) is 9.63. The van der Waals surface area contributed by atoms with Crippen molar-refractivity contribution >= 4 is 22.6 Å². The van der Waals surface area contributed by atoms with Crippen LogP contribution in [0.4, 0.5) is 5.13 Å². The molecule has 96 valence electrons. The summed E-state index contributed by atoms with van der Waals surface area (Å²) in [5.74, 6) is -0.497.